The van der Waals surface area contributed by atoms with Crippen LogP contribution in [0.15, 0.2) is 24.3 Å². The molecule has 1 aliphatic rings. The van der Waals surface area contributed by atoms with E-state index in [1.54, 1.807) is 0 Å². The first-order chi connectivity index (χ1) is 10.8. The molecule has 128 valence electrons. The van der Waals surface area contributed by atoms with Gasteiger partial charge < -0.3 is 10.1 Å². The van der Waals surface area contributed by atoms with E-state index in [1.165, 1.54) is 18.6 Å². The van der Waals surface area contributed by atoms with Gasteiger partial charge in [-0.3, -0.25) is 4.79 Å². The van der Waals surface area contributed by atoms with Crippen LogP contribution in [-0.4, -0.2) is 18.6 Å². The van der Waals surface area contributed by atoms with Crippen molar-refractivity contribution in [1.29, 1.82) is 0 Å². The van der Waals surface area contributed by atoms with E-state index in [0.717, 1.165) is 25.0 Å². The lowest BCUT2D eigenvalue weighted by Crippen LogP contribution is -2.45. The van der Waals surface area contributed by atoms with Crippen LogP contribution < -0.4 is 10.1 Å². The van der Waals surface area contributed by atoms with E-state index in [2.05, 4.69) is 19.2 Å². The van der Waals surface area contributed by atoms with Gasteiger partial charge in [-0.05, 0) is 42.5 Å². The van der Waals surface area contributed by atoms with Gasteiger partial charge in [-0.1, -0.05) is 26.7 Å². The second-order valence-electron chi connectivity index (χ2n) is 6.25. The van der Waals surface area contributed by atoms with Crippen molar-refractivity contribution in [2.45, 2.75) is 45.3 Å². The van der Waals surface area contributed by atoms with Crippen molar-refractivity contribution in [2.24, 2.45) is 11.8 Å². The molecule has 0 radical (unpaired) electrons. The number of ether oxygens (including phenoxy) is 1. The van der Waals surface area contributed by atoms with Crippen LogP contribution in [0.25, 0.3) is 0 Å². The van der Waals surface area contributed by atoms with E-state index in [9.17, 15) is 18.0 Å². The number of hydrogen-bond donors (Lipinski definition) is 1. The zero-order chi connectivity index (χ0) is 17.0. The SMILES string of the molecule is C[C@H]1[C@@H](NC(=O)COc2ccc(C(F)(F)F)cc2)CCC[C@@H]1C. The van der Waals surface area contributed by atoms with E-state index >= 15 is 0 Å². The molecule has 0 saturated heterocycles. The third-order valence-corrected chi connectivity index (χ3v) is 4.60. The lowest BCUT2D eigenvalue weighted by atomic mass is 9.78. The number of nitrogens with one attached hydrogen (secondary N) is 1. The number of amides is 1. The Balaban J connectivity index is 1.82. The van der Waals surface area contributed by atoms with Gasteiger partial charge in [-0.25, -0.2) is 0 Å². The van der Waals surface area contributed by atoms with Gasteiger partial charge in [0.2, 0.25) is 0 Å². The van der Waals surface area contributed by atoms with Crippen LogP contribution in [-0.2, 0) is 11.0 Å². The summed E-state index contributed by atoms with van der Waals surface area (Å²) in [5.41, 5.74) is -0.737. The van der Waals surface area contributed by atoms with Gasteiger partial charge in [0.05, 0.1) is 5.56 Å². The molecule has 1 aromatic carbocycles. The largest absolute Gasteiger partial charge is 0.484 e. The quantitative estimate of drug-likeness (QED) is 0.906. The summed E-state index contributed by atoms with van der Waals surface area (Å²) in [5, 5.41) is 2.96. The Morgan fingerprint density at radius 3 is 2.48 bits per heavy atom. The molecule has 0 spiro atoms. The standard InChI is InChI=1S/C17H22F3NO2/c1-11-4-3-5-15(12(11)2)21-16(22)10-23-14-8-6-13(7-9-14)17(18,19)20/h6-9,11-12,15H,3-5,10H2,1-2H3,(H,21,22)/t11-,12+,15-/m0/s1. The molecule has 0 aliphatic heterocycles. The van der Waals surface area contributed by atoms with Crippen molar-refractivity contribution in [2.75, 3.05) is 6.61 Å². The van der Waals surface area contributed by atoms with E-state index < -0.39 is 11.7 Å². The van der Waals surface area contributed by atoms with Gasteiger partial charge in [-0.2, -0.15) is 13.2 Å². The molecule has 1 N–H and O–H groups in total. The van der Waals surface area contributed by atoms with E-state index in [1.807, 2.05) is 0 Å². The molecule has 1 amide bonds. The van der Waals surface area contributed by atoms with Crippen LogP contribution in [0.5, 0.6) is 5.75 Å². The second-order valence-corrected chi connectivity index (χ2v) is 6.25. The molecule has 3 atom stereocenters. The zero-order valence-electron chi connectivity index (χ0n) is 13.3. The van der Waals surface area contributed by atoms with Crippen molar-refractivity contribution < 1.29 is 22.7 Å². The number of hydrogen-bond acceptors (Lipinski definition) is 2. The summed E-state index contributed by atoms with van der Waals surface area (Å²) in [7, 11) is 0. The molecule has 3 nitrogen and oxygen atoms in total. The van der Waals surface area contributed by atoms with Crippen LogP contribution in [0.4, 0.5) is 13.2 Å². The number of carbonyl (C=O) groups excluding carboxylic acids is 1. The lowest BCUT2D eigenvalue weighted by molar-refractivity contribution is -0.137. The Morgan fingerprint density at radius 2 is 1.87 bits per heavy atom. The minimum Gasteiger partial charge on any atom is -0.484 e. The molecule has 0 unspecified atom stereocenters. The van der Waals surface area contributed by atoms with E-state index in [-0.39, 0.29) is 24.3 Å². The number of rotatable bonds is 4. The van der Waals surface area contributed by atoms with Crippen LogP contribution in [0, 0.1) is 11.8 Å². The Labute approximate surface area is 134 Å². The predicted molar refractivity (Wildman–Crippen MR) is 81.0 cm³/mol. The maximum atomic E-state index is 12.5. The molecule has 0 heterocycles. The Hall–Kier alpha value is -1.72. The zero-order valence-corrected chi connectivity index (χ0v) is 13.3. The molecule has 0 aromatic heterocycles. The Kier molecular flexibility index (Phi) is 5.55. The average molecular weight is 329 g/mol. The molecule has 0 bridgehead atoms. The van der Waals surface area contributed by atoms with Gasteiger partial charge in [-0.15, -0.1) is 0 Å². The molecular weight excluding hydrogens is 307 g/mol. The Morgan fingerprint density at radius 1 is 1.22 bits per heavy atom. The summed E-state index contributed by atoms with van der Waals surface area (Å²) in [5.74, 6) is 0.998. The monoisotopic (exact) mass is 329 g/mol. The fourth-order valence-electron chi connectivity index (χ4n) is 2.92. The summed E-state index contributed by atoms with van der Waals surface area (Å²) < 4.78 is 42.6. The van der Waals surface area contributed by atoms with Gasteiger partial charge in [0.1, 0.15) is 5.75 Å². The first kappa shape index (κ1) is 17.6. The lowest BCUT2D eigenvalue weighted by Gasteiger charge is -2.34. The van der Waals surface area contributed by atoms with Crippen LogP contribution >= 0.6 is 0 Å². The van der Waals surface area contributed by atoms with Crippen molar-refractivity contribution in [3.05, 3.63) is 29.8 Å². The molecule has 1 aliphatic carbocycles. The third-order valence-electron chi connectivity index (χ3n) is 4.60. The second kappa shape index (κ2) is 7.23. The predicted octanol–water partition coefficient (Wildman–Crippen LogP) is 4.03. The maximum Gasteiger partial charge on any atom is 0.416 e. The first-order valence-electron chi connectivity index (χ1n) is 7.87. The van der Waals surface area contributed by atoms with Crippen LogP contribution in [0.2, 0.25) is 0 Å². The Bertz CT molecular complexity index is 528. The molecule has 6 heteroatoms. The van der Waals surface area contributed by atoms with Crippen molar-refractivity contribution >= 4 is 5.91 Å². The van der Waals surface area contributed by atoms with E-state index in [0.29, 0.717) is 11.8 Å². The highest BCUT2D eigenvalue weighted by molar-refractivity contribution is 5.77. The van der Waals surface area contributed by atoms with Crippen LogP contribution in [0.1, 0.15) is 38.7 Å². The van der Waals surface area contributed by atoms with Gasteiger partial charge in [0.25, 0.3) is 5.91 Å². The molecule has 1 saturated carbocycles. The number of halogens is 3. The molecule has 2 rings (SSSR count). The highest BCUT2D eigenvalue weighted by atomic mass is 19.4. The highest BCUT2D eigenvalue weighted by Gasteiger charge is 2.30. The summed E-state index contributed by atoms with van der Waals surface area (Å²) in [6.45, 7) is 4.12. The molecule has 1 aromatic rings. The summed E-state index contributed by atoms with van der Waals surface area (Å²) in [6, 6.07) is 4.47. The molecule has 23 heavy (non-hydrogen) atoms. The average Bonchev–Trinajstić information content (AvgIpc) is 2.49. The fraction of sp³-hybridized carbons (Fsp3) is 0.588. The van der Waals surface area contributed by atoms with Crippen molar-refractivity contribution in [1.82, 2.24) is 5.32 Å². The maximum absolute atomic E-state index is 12.5. The van der Waals surface area contributed by atoms with Gasteiger partial charge >= 0.3 is 6.18 Å². The summed E-state index contributed by atoms with van der Waals surface area (Å²) >= 11 is 0. The van der Waals surface area contributed by atoms with Crippen molar-refractivity contribution in [3.63, 3.8) is 0 Å². The van der Waals surface area contributed by atoms with Crippen molar-refractivity contribution in [3.8, 4) is 5.75 Å². The smallest absolute Gasteiger partial charge is 0.416 e. The minimum absolute atomic E-state index is 0.141. The minimum atomic E-state index is -4.37. The first-order valence-corrected chi connectivity index (χ1v) is 7.87. The summed E-state index contributed by atoms with van der Waals surface area (Å²) in [4.78, 5) is 11.9. The third kappa shape index (κ3) is 4.88. The van der Waals surface area contributed by atoms with Gasteiger partial charge in [0, 0.05) is 6.04 Å². The number of alkyl halides is 3. The topological polar surface area (TPSA) is 38.3 Å². The van der Waals surface area contributed by atoms with Gasteiger partial charge in [0.15, 0.2) is 6.61 Å². The number of carbonyl (C=O) groups is 1. The van der Waals surface area contributed by atoms with Crippen LogP contribution in [0.3, 0.4) is 0 Å². The van der Waals surface area contributed by atoms with E-state index in [4.69, 9.17) is 4.74 Å². The molecule has 1 fully saturated rings. The summed E-state index contributed by atoms with van der Waals surface area (Å²) in [6.07, 6.45) is -1.15. The normalized spacial score (nSPS) is 25.0. The molecular formula is C17H22F3NO2. The fourth-order valence-corrected chi connectivity index (χ4v) is 2.92. The highest BCUT2D eigenvalue weighted by Crippen LogP contribution is 2.31. The number of benzene rings is 1.